The molecule has 76 valence electrons. The van der Waals surface area contributed by atoms with Gasteiger partial charge in [0.25, 0.3) is 0 Å². The Morgan fingerprint density at radius 3 is 3.00 bits per heavy atom. The quantitative estimate of drug-likeness (QED) is 0.373. The molecule has 0 fully saturated rings. The predicted molar refractivity (Wildman–Crippen MR) is 58.6 cm³/mol. The summed E-state index contributed by atoms with van der Waals surface area (Å²) in [6, 6.07) is 5.33. The minimum Gasteiger partial charge on any atom is -0.494 e. The van der Waals surface area contributed by atoms with Crippen molar-refractivity contribution in [3.8, 4) is 5.75 Å². The fourth-order valence-electron chi connectivity index (χ4n) is 0.995. The van der Waals surface area contributed by atoms with Gasteiger partial charge in [-0.05, 0) is 12.1 Å². The summed E-state index contributed by atoms with van der Waals surface area (Å²) in [5.41, 5.74) is 12.3. The first-order chi connectivity index (χ1) is 6.77. The number of ether oxygens (including phenoxy) is 1. The number of hydrogen-bond acceptors (Lipinski definition) is 4. The zero-order valence-electron chi connectivity index (χ0n) is 8.03. The molecule has 0 aromatic heterocycles. The van der Waals surface area contributed by atoms with Crippen LogP contribution in [0.2, 0.25) is 0 Å². The van der Waals surface area contributed by atoms with Crippen molar-refractivity contribution in [3.05, 3.63) is 18.2 Å². The Morgan fingerprint density at radius 2 is 2.36 bits per heavy atom. The van der Waals surface area contributed by atoms with Crippen molar-refractivity contribution in [1.29, 1.82) is 0 Å². The second-order valence-electron chi connectivity index (χ2n) is 2.60. The Bertz CT molecular complexity index is 325. The highest BCUT2D eigenvalue weighted by molar-refractivity contribution is 5.79. The van der Waals surface area contributed by atoms with Gasteiger partial charge >= 0.3 is 0 Å². The maximum atomic E-state index is 5.60. The van der Waals surface area contributed by atoms with E-state index in [1.807, 2.05) is 6.07 Å². The van der Waals surface area contributed by atoms with Crippen molar-refractivity contribution in [1.82, 2.24) is 0 Å². The molecule has 0 radical (unpaired) electrons. The van der Waals surface area contributed by atoms with Crippen LogP contribution >= 0.6 is 0 Å². The number of nitrogen functional groups attached to an aromatic ring is 1. The first kappa shape index (κ1) is 10.3. The van der Waals surface area contributed by atoms with Crippen molar-refractivity contribution in [2.45, 2.75) is 0 Å². The van der Waals surface area contributed by atoms with E-state index >= 15 is 0 Å². The Balaban J connectivity index is 2.80. The summed E-state index contributed by atoms with van der Waals surface area (Å²) < 4.78 is 5.12. The first-order valence-electron chi connectivity index (χ1n) is 4.16. The van der Waals surface area contributed by atoms with Gasteiger partial charge in [0.05, 0.1) is 25.8 Å². The largest absolute Gasteiger partial charge is 0.494 e. The number of nitrogens with one attached hydrogen (secondary N) is 1. The lowest BCUT2D eigenvalue weighted by molar-refractivity contribution is 0.417. The molecule has 1 rings (SSSR count). The SMILES string of the molecule is COc1cc(N)ccc1NC=NCN. The number of anilines is 2. The molecule has 5 heteroatoms. The Morgan fingerprint density at radius 1 is 1.57 bits per heavy atom. The summed E-state index contributed by atoms with van der Waals surface area (Å²) in [6.45, 7) is 0.254. The van der Waals surface area contributed by atoms with Gasteiger partial charge in [0.15, 0.2) is 0 Å². The lowest BCUT2D eigenvalue weighted by Crippen LogP contribution is -2.02. The maximum absolute atomic E-state index is 5.60. The van der Waals surface area contributed by atoms with Crippen molar-refractivity contribution in [2.75, 3.05) is 24.8 Å². The number of rotatable bonds is 4. The molecule has 0 aliphatic carbocycles. The topological polar surface area (TPSA) is 85.7 Å². The standard InChI is InChI=1S/C9H14N4O/c1-14-9-4-7(11)2-3-8(9)13-6-12-5-10/h2-4,6H,5,10-11H2,1H3,(H,12,13). The molecule has 0 aliphatic rings. The minimum absolute atomic E-state index is 0.254. The van der Waals surface area contributed by atoms with E-state index in [-0.39, 0.29) is 6.67 Å². The van der Waals surface area contributed by atoms with Crippen LogP contribution in [0.3, 0.4) is 0 Å². The fourth-order valence-corrected chi connectivity index (χ4v) is 0.995. The third kappa shape index (κ3) is 2.63. The van der Waals surface area contributed by atoms with Gasteiger partial charge < -0.3 is 21.5 Å². The minimum atomic E-state index is 0.254. The molecule has 0 heterocycles. The molecule has 0 saturated heterocycles. The molecule has 0 amide bonds. The lowest BCUT2D eigenvalue weighted by Gasteiger charge is -2.08. The molecular weight excluding hydrogens is 180 g/mol. The highest BCUT2D eigenvalue weighted by atomic mass is 16.5. The van der Waals surface area contributed by atoms with Crippen LogP contribution in [0.25, 0.3) is 0 Å². The normalized spacial score (nSPS) is 10.4. The number of hydrogen-bond donors (Lipinski definition) is 3. The zero-order valence-corrected chi connectivity index (χ0v) is 8.03. The molecule has 0 atom stereocenters. The zero-order chi connectivity index (χ0) is 10.4. The van der Waals surface area contributed by atoms with E-state index in [1.54, 1.807) is 19.2 Å². The molecule has 14 heavy (non-hydrogen) atoms. The fraction of sp³-hybridized carbons (Fsp3) is 0.222. The molecule has 0 aliphatic heterocycles. The third-order valence-corrected chi connectivity index (χ3v) is 1.64. The molecule has 0 bridgehead atoms. The van der Waals surface area contributed by atoms with E-state index in [2.05, 4.69) is 10.3 Å². The summed E-state index contributed by atoms with van der Waals surface area (Å²) in [6.07, 6.45) is 1.52. The molecule has 0 saturated carbocycles. The van der Waals surface area contributed by atoms with Crippen LogP contribution in [0.15, 0.2) is 23.2 Å². The summed E-state index contributed by atoms with van der Waals surface area (Å²) >= 11 is 0. The van der Waals surface area contributed by atoms with Gasteiger partial charge in [0, 0.05) is 11.8 Å². The van der Waals surface area contributed by atoms with Gasteiger partial charge in [0.1, 0.15) is 5.75 Å². The molecular formula is C9H14N4O. The number of benzene rings is 1. The second-order valence-corrected chi connectivity index (χ2v) is 2.60. The smallest absolute Gasteiger partial charge is 0.144 e. The van der Waals surface area contributed by atoms with E-state index in [0.717, 1.165) is 5.69 Å². The summed E-state index contributed by atoms with van der Waals surface area (Å²) in [4.78, 5) is 3.82. The Hall–Kier alpha value is -1.75. The van der Waals surface area contributed by atoms with Gasteiger partial charge in [0.2, 0.25) is 0 Å². The van der Waals surface area contributed by atoms with Gasteiger partial charge in [-0.2, -0.15) is 0 Å². The van der Waals surface area contributed by atoms with E-state index < -0.39 is 0 Å². The van der Waals surface area contributed by atoms with Gasteiger partial charge in [-0.25, -0.2) is 0 Å². The van der Waals surface area contributed by atoms with E-state index in [4.69, 9.17) is 16.2 Å². The molecule has 5 nitrogen and oxygen atoms in total. The van der Waals surface area contributed by atoms with Crippen LogP contribution in [-0.2, 0) is 0 Å². The van der Waals surface area contributed by atoms with Gasteiger partial charge in [-0.1, -0.05) is 0 Å². The highest BCUT2D eigenvalue weighted by Gasteiger charge is 2.00. The predicted octanol–water partition coefficient (Wildman–Crippen LogP) is 0.634. The summed E-state index contributed by atoms with van der Waals surface area (Å²) in [7, 11) is 1.58. The second kappa shape index (κ2) is 5.08. The van der Waals surface area contributed by atoms with E-state index in [0.29, 0.717) is 11.4 Å². The van der Waals surface area contributed by atoms with Crippen LogP contribution in [0.4, 0.5) is 11.4 Å². The van der Waals surface area contributed by atoms with Crippen LogP contribution in [0, 0.1) is 0 Å². The molecule has 0 spiro atoms. The number of aliphatic imine (C=N–C) groups is 1. The number of methoxy groups -OCH3 is 1. The van der Waals surface area contributed by atoms with Crippen molar-refractivity contribution >= 4 is 17.7 Å². The molecule has 5 N–H and O–H groups in total. The highest BCUT2D eigenvalue weighted by Crippen LogP contribution is 2.25. The number of nitrogens with two attached hydrogens (primary N) is 2. The van der Waals surface area contributed by atoms with E-state index in [9.17, 15) is 0 Å². The Labute approximate surface area is 82.8 Å². The average Bonchev–Trinajstić information content (AvgIpc) is 2.20. The van der Waals surface area contributed by atoms with Crippen LogP contribution in [-0.4, -0.2) is 20.1 Å². The van der Waals surface area contributed by atoms with E-state index in [1.165, 1.54) is 6.34 Å². The van der Waals surface area contributed by atoms with Crippen LogP contribution < -0.4 is 21.5 Å². The van der Waals surface area contributed by atoms with Crippen molar-refractivity contribution in [2.24, 2.45) is 10.7 Å². The van der Waals surface area contributed by atoms with Crippen LogP contribution in [0.1, 0.15) is 0 Å². The van der Waals surface area contributed by atoms with Gasteiger partial charge in [-0.15, -0.1) is 0 Å². The molecule has 0 unspecified atom stereocenters. The van der Waals surface area contributed by atoms with Gasteiger partial charge in [-0.3, -0.25) is 4.99 Å². The van der Waals surface area contributed by atoms with Crippen molar-refractivity contribution < 1.29 is 4.74 Å². The van der Waals surface area contributed by atoms with Crippen molar-refractivity contribution in [3.63, 3.8) is 0 Å². The monoisotopic (exact) mass is 194 g/mol. The summed E-state index contributed by atoms with van der Waals surface area (Å²) in [5, 5.41) is 2.94. The Kier molecular flexibility index (Phi) is 3.75. The lowest BCUT2D eigenvalue weighted by atomic mass is 10.2. The number of nitrogens with zero attached hydrogens (tertiary/aromatic N) is 1. The maximum Gasteiger partial charge on any atom is 0.144 e. The van der Waals surface area contributed by atoms with Crippen LogP contribution in [0.5, 0.6) is 5.75 Å². The summed E-state index contributed by atoms with van der Waals surface area (Å²) in [5.74, 6) is 0.675. The molecule has 1 aromatic carbocycles. The third-order valence-electron chi connectivity index (χ3n) is 1.64. The average molecular weight is 194 g/mol. The first-order valence-corrected chi connectivity index (χ1v) is 4.16. The molecule has 1 aromatic rings.